The van der Waals surface area contributed by atoms with Crippen molar-refractivity contribution in [2.24, 2.45) is 12.0 Å². The number of aliphatic imine (C=N–C) groups is 1. The standard InChI is InChI=1S/C13H13ClN2O/c1-16-6-5-10(9-16)8-15-11-3-4-13(17-2)12(14)7-11/h3-9H,1-2H3. The lowest BCUT2D eigenvalue weighted by Gasteiger charge is -2.02. The first-order valence-electron chi connectivity index (χ1n) is 5.18. The largest absolute Gasteiger partial charge is 0.495 e. The van der Waals surface area contributed by atoms with Gasteiger partial charge in [0.05, 0.1) is 17.8 Å². The summed E-state index contributed by atoms with van der Waals surface area (Å²) in [6, 6.07) is 7.44. The van der Waals surface area contributed by atoms with E-state index >= 15 is 0 Å². The second-order valence-electron chi connectivity index (χ2n) is 3.69. The first-order chi connectivity index (χ1) is 8.19. The van der Waals surface area contributed by atoms with Gasteiger partial charge in [0.15, 0.2) is 0 Å². The Hall–Kier alpha value is -1.74. The summed E-state index contributed by atoms with van der Waals surface area (Å²) in [6.45, 7) is 0. The van der Waals surface area contributed by atoms with E-state index in [-0.39, 0.29) is 0 Å². The molecule has 0 saturated heterocycles. The first-order valence-corrected chi connectivity index (χ1v) is 5.56. The number of methoxy groups -OCH3 is 1. The van der Waals surface area contributed by atoms with Crippen molar-refractivity contribution < 1.29 is 4.74 Å². The average molecular weight is 249 g/mol. The smallest absolute Gasteiger partial charge is 0.137 e. The molecule has 0 fully saturated rings. The molecule has 3 nitrogen and oxygen atoms in total. The molecular weight excluding hydrogens is 236 g/mol. The van der Waals surface area contributed by atoms with Crippen molar-refractivity contribution >= 4 is 23.5 Å². The molecule has 0 aliphatic heterocycles. The molecule has 1 aromatic heterocycles. The van der Waals surface area contributed by atoms with Gasteiger partial charge in [-0.2, -0.15) is 0 Å². The molecular formula is C13H13ClN2O. The van der Waals surface area contributed by atoms with Gasteiger partial charge in [0.2, 0.25) is 0 Å². The van der Waals surface area contributed by atoms with Crippen LogP contribution in [0.1, 0.15) is 5.56 Å². The number of ether oxygens (including phenoxy) is 1. The van der Waals surface area contributed by atoms with Crippen LogP contribution in [0.4, 0.5) is 5.69 Å². The summed E-state index contributed by atoms with van der Waals surface area (Å²) in [5.74, 6) is 0.658. The second kappa shape index (κ2) is 5.06. The minimum absolute atomic E-state index is 0.565. The molecule has 0 saturated carbocycles. The predicted molar refractivity (Wildman–Crippen MR) is 70.7 cm³/mol. The molecule has 0 aliphatic carbocycles. The summed E-state index contributed by atoms with van der Waals surface area (Å²) < 4.78 is 7.05. The van der Waals surface area contributed by atoms with Gasteiger partial charge >= 0.3 is 0 Å². The topological polar surface area (TPSA) is 26.5 Å². The molecule has 2 aromatic rings. The molecule has 1 aromatic carbocycles. The summed E-state index contributed by atoms with van der Waals surface area (Å²) in [4.78, 5) is 4.35. The maximum absolute atomic E-state index is 6.01. The fourth-order valence-electron chi connectivity index (χ4n) is 1.49. The van der Waals surface area contributed by atoms with Crippen LogP contribution in [0.3, 0.4) is 0 Å². The number of benzene rings is 1. The monoisotopic (exact) mass is 248 g/mol. The van der Waals surface area contributed by atoms with Crippen LogP contribution in [0.25, 0.3) is 0 Å². The third kappa shape index (κ3) is 2.88. The van der Waals surface area contributed by atoms with Crippen LogP contribution in [0.5, 0.6) is 5.75 Å². The van der Waals surface area contributed by atoms with E-state index in [0.717, 1.165) is 11.3 Å². The molecule has 0 unspecified atom stereocenters. The van der Waals surface area contributed by atoms with Crippen LogP contribution in [-0.4, -0.2) is 17.9 Å². The van der Waals surface area contributed by atoms with E-state index in [0.29, 0.717) is 10.8 Å². The zero-order valence-corrected chi connectivity index (χ0v) is 10.5. The number of rotatable bonds is 3. The Balaban J connectivity index is 2.19. The van der Waals surface area contributed by atoms with Gasteiger partial charge in [-0.3, -0.25) is 4.99 Å². The van der Waals surface area contributed by atoms with Crippen LogP contribution in [0.2, 0.25) is 5.02 Å². The maximum Gasteiger partial charge on any atom is 0.137 e. The summed E-state index contributed by atoms with van der Waals surface area (Å²) in [7, 11) is 3.57. The molecule has 0 aliphatic rings. The third-order valence-electron chi connectivity index (χ3n) is 2.35. The lowest BCUT2D eigenvalue weighted by Crippen LogP contribution is -1.83. The Labute approximate surface area is 105 Å². The van der Waals surface area contributed by atoms with E-state index < -0.39 is 0 Å². The lowest BCUT2D eigenvalue weighted by molar-refractivity contribution is 0.415. The Morgan fingerprint density at radius 3 is 2.76 bits per heavy atom. The SMILES string of the molecule is COc1ccc(N=Cc2ccn(C)c2)cc1Cl. The number of aromatic nitrogens is 1. The van der Waals surface area contributed by atoms with Crippen molar-refractivity contribution in [2.75, 3.05) is 7.11 Å². The number of nitrogens with zero attached hydrogens (tertiary/aromatic N) is 2. The van der Waals surface area contributed by atoms with E-state index in [9.17, 15) is 0 Å². The molecule has 1 heterocycles. The fraction of sp³-hybridized carbons (Fsp3) is 0.154. The van der Waals surface area contributed by atoms with Crippen LogP contribution < -0.4 is 4.74 Å². The molecule has 0 N–H and O–H groups in total. The summed E-state index contributed by atoms with van der Waals surface area (Å²) in [5.41, 5.74) is 1.86. The van der Waals surface area contributed by atoms with Crippen molar-refractivity contribution in [1.82, 2.24) is 4.57 Å². The summed E-state index contributed by atoms with van der Waals surface area (Å²) >= 11 is 6.01. The van der Waals surface area contributed by atoms with Gasteiger partial charge < -0.3 is 9.30 Å². The molecule has 0 radical (unpaired) electrons. The fourth-order valence-corrected chi connectivity index (χ4v) is 1.74. The van der Waals surface area contributed by atoms with Crippen LogP contribution >= 0.6 is 11.6 Å². The molecule has 88 valence electrons. The summed E-state index contributed by atoms with van der Waals surface area (Å²) in [5, 5.41) is 0.565. The van der Waals surface area contributed by atoms with E-state index in [4.69, 9.17) is 16.3 Å². The van der Waals surface area contributed by atoms with Gasteiger partial charge in [-0.05, 0) is 24.3 Å². The minimum atomic E-state index is 0.565. The van der Waals surface area contributed by atoms with Crippen molar-refractivity contribution in [3.05, 3.63) is 47.2 Å². The molecule has 4 heteroatoms. The second-order valence-corrected chi connectivity index (χ2v) is 4.09. The number of hydrogen-bond donors (Lipinski definition) is 0. The highest BCUT2D eigenvalue weighted by atomic mass is 35.5. The van der Waals surface area contributed by atoms with E-state index in [2.05, 4.69) is 4.99 Å². The third-order valence-corrected chi connectivity index (χ3v) is 2.65. The number of halogens is 1. The predicted octanol–water partition coefficient (Wildman–Crippen LogP) is 3.44. The zero-order valence-electron chi connectivity index (χ0n) is 9.72. The summed E-state index contributed by atoms with van der Waals surface area (Å²) in [6.07, 6.45) is 5.77. The minimum Gasteiger partial charge on any atom is -0.495 e. The Kier molecular flexibility index (Phi) is 3.49. The van der Waals surface area contributed by atoms with Crippen molar-refractivity contribution in [3.8, 4) is 5.75 Å². The van der Waals surface area contributed by atoms with Crippen LogP contribution in [-0.2, 0) is 7.05 Å². The van der Waals surface area contributed by atoms with E-state index in [1.165, 1.54) is 0 Å². The zero-order chi connectivity index (χ0) is 12.3. The van der Waals surface area contributed by atoms with Crippen LogP contribution in [0.15, 0.2) is 41.7 Å². The van der Waals surface area contributed by atoms with Crippen molar-refractivity contribution in [3.63, 3.8) is 0 Å². The highest BCUT2D eigenvalue weighted by molar-refractivity contribution is 6.32. The molecule has 2 rings (SSSR count). The molecule has 0 spiro atoms. The van der Waals surface area contributed by atoms with Crippen molar-refractivity contribution in [2.45, 2.75) is 0 Å². The van der Waals surface area contributed by atoms with Gasteiger partial charge in [-0.15, -0.1) is 0 Å². The highest BCUT2D eigenvalue weighted by Gasteiger charge is 2.00. The van der Waals surface area contributed by atoms with Gasteiger partial charge in [0.25, 0.3) is 0 Å². The molecule has 17 heavy (non-hydrogen) atoms. The Bertz CT molecular complexity index is 546. The number of hydrogen-bond acceptors (Lipinski definition) is 2. The Morgan fingerprint density at radius 2 is 2.18 bits per heavy atom. The maximum atomic E-state index is 6.01. The molecule has 0 bridgehead atoms. The van der Waals surface area contributed by atoms with Gasteiger partial charge in [-0.1, -0.05) is 11.6 Å². The van der Waals surface area contributed by atoms with Crippen molar-refractivity contribution in [1.29, 1.82) is 0 Å². The first kappa shape index (κ1) is 11.7. The van der Waals surface area contributed by atoms with Gasteiger partial charge in [-0.25, -0.2) is 0 Å². The van der Waals surface area contributed by atoms with Crippen LogP contribution in [0, 0.1) is 0 Å². The van der Waals surface area contributed by atoms with E-state index in [1.807, 2.05) is 36.1 Å². The van der Waals surface area contributed by atoms with Gasteiger partial charge in [0, 0.05) is 31.2 Å². The lowest BCUT2D eigenvalue weighted by atomic mass is 10.3. The van der Waals surface area contributed by atoms with Gasteiger partial charge in [0.1, 0.15) is 5.75 Å². The normalized spacial score (nSPS) is 11.0. The molecule has 0 atom stereocenters. The number of aryl methyl sites for hydroxylation is 1. The molecule has 0 amide bonds. The highest BCUT2D eigenvalue weighted by Crippen LogP contribution is 2.28. The average Bonchev–Trinajstić information content (AvgIpc) is 2.73. The Morgan fingerprint density at radius 1 is 1.35 bits per heavy atom. The quantitative estimate of drug-likeness (QED) is 0.765. The van der Waals surface area contributed by atoms with E-state index in [1.54, 1.807) is 25.5 Å².